The molecule has 5 heteroatoms. The zero-order valence-corrected chi connectivity index (χ0v) is 7.99. The molecule has 0 amide bonds. The normalized spacial score (nSPS) is 18.1. The molecule has 0 unspecified atom stereocenters. The fraction of sp³-hybridized carbons (Fsp3) is 0.429. The molecular formula is C7H9NO2S2. The minimum Gasteiger partial charge on any atom is -0.224 e. The molecule has 1 saturated carbocycles. The number of primary sulfonamides is 1. The van der Waals surface area contributed by atoms with Gasteiger partial charge in [-0.2, -0.15) is 0 Å². The maximum atomic E-state index is 11.0. The van der Waals surface area contributed by atoms with Crippen LogP contribution in [-0.2, 0) is 10.0 Å². The molecular weight excluding hydrogens is 194 g/mol. The molecule has 0 atom stereocenters. The Kier molecular flexibility index (Phi) is 1.75. The SMILES string of the molecule is NS(=O)(=O)c1sccc1C1CC1. The molecule has 0 aromatic carbocycles. The summed E-state index contributed by atoms with van der Waals surface area (Å²) in [5, 5.41) is 6.84. The molecule has 1 aromatic heterocycles. The van der Waals surface area contributed by atoms with E-state index in [9.17, 15) is 8.42 Å². The van der Waals surface area contributed by atoms with Gasteiger partial charge in [-0.25, -0.2) is 13.6 Å². The predicted molar refractivity (Wildman–Crippen MR) is 47.7 cm³/mol. The molecule has 12 heavy (non-hydrogen) atoms. The monoisotopic (exact) mass is 203 g/mol. The quantitative estimate of drug-likeness (QED) is 0.787. The van der Waals surface area contributed by atoms with E-state index in [-0.39, 0.29) is 0 Å². The van der Waals surface area contributed by atoms with Gasteiger partial charge < -0.3 is 0 Å². The van der Waals surface area contributed by atoms with Crippen molar-refractivity contribution < 1.29 is 8.42 Å². The second-order valence-corrected chi connectivity index (χ2v) is 5.66. The van der Waals surface area contributed by atoms with Gasteiger partial charge in [-0.1, -0.05) is 0 Å². The van der Waals surface area contributed by atoms with Gasteiger partial charge in [-0.3, -0.25) is 0 Å². The molecule has 0 spiro atoms. The highest BCUT2D eigenvalue weighted by molar-refractivity contribution is 7.91. The van der Waals surface area contributed by atoms with Gasteiger partial charge in [-0.15, -0.1) is 11.3 Å². The average Bonchev–Trinajstić information content (AvgIpc) is 2.65. The van der Waals surface area contributed by atoms with E-state index in [1.807, 2.05) is 6.07 Å². The van der Waals surface area contributed by atoms with Gasteiger partial charge in [0.05, 0.1) is 0 Å². The molecule has 66 valence electrons. The molecule has 2 rings (SSSR count). The number of nitrogens with two attached hydrogens (primary N) is 1. The van der Waals surface area contributed by atoms with Crippen LogP contribution in [-0.4, -0.2) is 8.42 Å². The summed E-state index contributed by atoms with van der Waals surface area (Å²) < 4.78 is 22.4. The number of hydrogen-bond acceptors (Lipinski definition) is 3. The van der Waals surface area contributed by atoms with Gasteiger partial charge in [-0.05, 0) is 35.8 Å². The van der Waals surface area contributed by atoms with Crippen molar-refractivity contribution in [3.05, 3.63) is 17.0 Å². The van der Waals surface area contributed by atoms with Crippen LogP contribution in [0.25, 0.3) is 0 Å². The molecule has 0 radical (unpaired) electrons. The van der Waals surface area contributed by atoms with Gasteiger partial charge >= 0.3 is 0 Å². The molecule has 1 aromatic rings. The minimum absolute atomic E-state index is 0.352. The second kappa shape index (κ2) is 2.55. The Bertz CT molecular complexity index is 389. The summed E-state index contributed by atoms with van der Waals surface area (Å²) in [6, 6.07) is 1.86. The largest absolute Gasteiger partial charge is 0.247 e. The van der Waals surface area contributed by atoms with E-state index in [0.29, 0.717) is 10.1 Å². The first-order chi connectivity index (χ1) is 5.59. The summed E-state index contributed by atoms with van der Waals surface area (Å²) >= 11 is 1.21. The highest BCUT2D eigenvalue weighted by atomic mass is 32.2. The van der Waals surface area contributed by atoms with Crippen LogP contribution in [0.15, 0.2) is 15.7 Å². The lowest BCUT2D eigenvalue weighted by Gasteiger charge is -1.97. The third-order valence-electron chi connectivity index (χ3n) is 1.93. The summed E-state index contributed by atoms with van der Waals surface area (Å²) in [7, 11) is -3.48. The van der Waals surface area contributed by atoms with Crippen LogP contribution in [0.1, 0.15) is 24.3 Å². The van der Waals surface area contributed by atoms with E-state index in [2.05, 4.69) is 0 Å². The second-order valence-electron chi connectivity index (χ2n) is 2.98. The van der Waals surface area contributed by atoms with E-state index in [1.54, 1.807) is 5.38 Å². The van der Waals surface area contributed by atoms with Gasteiger partial charge in [0.2, 0.25) is 10.0 Å². The Morgan fingerprint density at radius 2 is 2.17 bits per heavy atom. The zero-order chi connectivity index (χ0) is 8.77. The highest BCUT2D eigenvalue weighted by Crippen LogP contribution is 2.44. The number of sulfonamides is 1. The van der Waals surface area contributed by atoms with Crippen molar-refractivity contribution in [3.63, 3.8) is 0 Å². The Morgan fingerprint density at radius 3 is 2.67 bits per heavy atom. The Morgan fingerprint density at radius 1 is 1.50 bits per heavy atom. The van der Waals surface area contributed by atoms with Crippen molar-refractivity contribution in [2.75, 3.05) is 0 Å². The Hall–Kier alpha value is -0.390. The van der Waals surface area contributed by atoms with E-state index < -0.39 is 10.0 Å². The molecule has 0 aliphatic heterocycles. The summed E-state index contributed by atoms with van der Waals surface area (Å²) in [4.78, 5) is 0. The topological polar surface area (TPSA) is 60.2 Å². The smallest absolute Gasteiger partial charge is 0.224 e. The number of thiophene rings is 1. The molecule has 1 heterocycles. The summed E-state index contributed by atoms with van der Waals surface area (Å²) in [5.41, 5.74) is 0.919. The van der Waals surface area contributed by atoms with Crippen LogP contribution >= 0.6 is 11.3 Å². The maximum Gasteiger partial charge on any atom is 0.247 e. The van der Waals surface area contributed by atoms with Gasteiger partial charge in [0.15, 0.2) is 0 Å². The van der Waals surface area contributed by atoms with E-state index in [4.69, 9.17) is 5.14 Å². The standard InChI is InChI=1S/C7H9NO2S2/c8-12(9,10)7-6(3-4-11-7)5-1-2-5/h3-5H,1-2H2,(H2,8,9,10). The lowest BCUT2D eigenvalue weighted by molar-refractivity contribution is 0.599. The number of hydrogen-bond donors (Lipinski definition) is 1. The Balaban J connectivity index is 2.49. The third kappa shape index (κ3) is 1.39. The van der Waals surface area contributed by atoms with Crippen LogP contribution in [0.3, 0.4) is 0 Å². The summed E-state index contributed by atoms with van der Waals surface area (Å²) in [5.74, 6) is 0.449. The van der Waals surface area contributed by atoms with Crippen LogP contribution in [0.5, 0.6) is 0 Å². The minimum atomic E-state index is -3.48. The van der Waals surface area contributed by atoms with Crippen LogP contribution < -0.4 is 5.14 Å². The fourth-order valence-electron chi connectivity index (χ4n) is 1.23. The van der Waals surface area contributed by atoms with Crippen molar-refractivity contribution in [2.24, 2.45) is 5.14 Å². The predicted octanol–water partition coefficient (Wildman–Crippen LogP) is 1.27. The van der Waals surface area contributed by atoms with Gasteiger partial charge in [0.1, 0.15) is 4.21 Å². The van der Waals surface area contributed by atoms with Crippen molar-refractivity contribution in [1.29, 1.82) is 0 Å². The maximum absolute atomic E-state index is 11.0. The summed E-state index contributed by atoms with van der Waals surface area (Å²) in [6.45, 7) is 0. The average molecular weight is 203 g/mol. The van der Waals surface area contributed by atoms with Crippen LogP contribution in [0.2, 0.25) is 0 Å². The first kappa shape index (κ1) is 8.22. The number of rotatable bonds is 2. The van der Waals surface area contributed by atoms with Crippen molar-refractivity contribution in [1.82, 2.24) is 0 Å². The van der Waals surface area contributed by atoms with E-state index in [0.717, 1.165) is 18.4 Å². The van der Waals surface area contributed by atoms with Gasteiger partial charge in [0.25, 0.3) is 0 Å². The molecule has 1 aliphatic carbocycles. The summed E-state index contributed by atoms with van der Waals surface area (Å²) in [6.07, 6.45) is 2.19. The molecule has 3 nitrogen and oxygen atoms in total. The Labute approximate surface area is 75.3 Å². The first-order valence-electron chi connectivity index (χ1n) is 3.69. The highest BCUT2D eigenvalue weighted by Gasteiger charge is 2.29. The van der Waals surface area contributed by atoms with Crippen LogP contribution in [0, 0.1) is 0 Å². The van der Waals surface area contributed by atoms with E-state index >= 15 is 0 Å². The van der Waals surface area contributed by atoms with Crippen molar-refractivity contribution in [2.45, 2.75) is 23.0 Å². The van der Waals surface area contributed by atoms with Crippen molar-refractivity contribution in [3.8, 4) is 0 Å². The van der Waals surface area contributed by atoms with Crippen molar-refractivity contribution >= 4 is 21.4 Å². The molecule has 1 aliphatic rings. The third-order valence-corrected chi connectivity index (χ3v) is 4.39. The zero-order valence-electron chi connectivity index (χ0n) is 6.36. The fourth-order valence-corrected chi connectivity index (χ4v) is 3.21. The molecule has 0 saturated heterocycles. The molecule has 2 N–H and O–H groups in total. The first-order valence-corrected chi connectivity index (χ1v) is 6.12. The van der Waals surface area contributed by atoms with Crippen LogP contribution in [0.4, 0.5) is 0 Å². The lowest BCUT2D eigenvalue weighted by Crippen LogP contribution is -2.11. The molecule has 1 fully saturated rings. The van der Waals surface area contributed by atoms with E-state index in [1.165, 1.54) is 11.3 Å². The van der Waals surface area contributed by atoms with Gasteiger partial charge in [0, 0.05) is 0 Å². The lowest BCUT2D eigenvalue weighted by atomic mass is 10.2. The molecule has 0 bridgehead atoms.